The van der Waals surface area contributed by atoms with Crippen LogP contribution in [0.15, 0.2) is 42.7 Å². The molecule has 94 valence electrons. The SMILES string of the molecule is CN(Cc1cccnc1)c1c(Cl)cccc1CBr. The zero-order valence-electron chi connectivity index (χ0n) is 10.1. The smallest absolute Gasteiger partial charge is 0.0642 e. The second kappa shape index (κ2) is 6.21. The monoisotopic (exact) mass is 324 g/mol. The minimum absolute atomic E-state index is 0.776. The molecule has 0 atom stereocenters. The van der Waals surface area contributed by atoms with Gasteiger partial charge in [-0.2, -0.15) is 0 Å². The standard InChI is InChI=1S/C14H14BrClN2/c1-18(10-11-4-3-7-17-9-11)14-12(8-15)5-2-6-13(14)16/h2-7,9H,8,10H2,1H3. The fraction of sp³-hybridized carbons (Fsp3) is 0.214. The molecule has 1 aromatic heterocycles. The summed E-state index contributed by atoms with van der Waals surface area (Å²) in [5, 5.41) is 1.57. The largest absolute Gasteiger partial charge is 0.369 e. The number of hydrogen-bond donors (Lipinski definition) is 0. The predicted octanol–water partition coefficient (Wildman–Crippen LogP) is 4.27. The van der Waals surface area contributed by atoms with E-state index in [9.17, 15) is 0 Å². The highest BCUT2D eigenvalue weighted by molar-refractivity contribution is 9.08. The van der Waals surface area contributed by atoms with Gasteiger partial charge in [0.1, 0.15) is 0 Å². The van der Waals surface area contributed by atoms with Gasteiger partial charge in [0.25, 0.3) is 0 Å². The third-order valence-electron chi connectivity index (χ3n) is 2.74. The minimum atomic E-state index is 0.776. The molecule has 0 aliphatic heterocycles. The number of alkyl halides is 1. The average molecular weight is 326 g/mol. The Kier molecular flexibility index (Phi) is 4.61. The van der Waals surface area contributed by atoms with Gasteiger partial charge in [0.05, 0.1) is 10.7 Å². The lowest BCUT2D eigenvalue weighted by Crippen LogP contribution is -2.18. The molecule has 18 heavy (non-hydrogen) atoms. The summed E-state index contributed by atoms with van der Waals surface area (Å²) >= 11 is 9.79. The molecule has 0 bridgehead atoms. The van der Waals surface area contributed by atoms with Crippen molar-refractivity contribution in [1.82, 2.24) is 4.98 Å². The number of nitrogens with zero attached hydrogens (tertiary/aromatic N) is 2. The summed E-state index contributed by atoms with van der Waals surface area (Å²) in [6.45, 7) is 0.789. The van der Waals surface area contributed by atoms with Crippen LogP contribution < -0.4 is 4.90 Å². The molecule has 0 fully saturated rings. The molecule has 0 aliphatic rings. The number of aromatic nitrogens is 1. The van der Waals surface area contributed by atoms with E-state index in [2.05, 4.69) is 37.9 Å². The van der Waals surface area contributed by atoms with E-state index in [1.54, 1.807) is 6.20 Å². The lowest BCUT2D eigenvalue weighted by Gasteiger charge is -2.23. The highest BCUT2D eigenvalue weighted by Gasteiger charge is 2.11. The number of pyridine rings is 1. The van der Waals surface area contributed by atoms with Gasteiger partial charge in [0.15, 0.2) is 0 Å². The van der Waals surface area contributed by atoms with Crippen LogP contribution in [0.25, 0.3) is 0 Å². The van der Waals surface area contributed by atoms with Gasteiger partial charge in [0.2, 0.25) is 0 Å². The van der Waals surface area contributed by atoms with Crippen molar-refractivity contribution in [3.8, 4) is 0 Å². The summed E-state index contributed by atoms with van der Waals surface area (Å²) in [4.78, 5) is 6.28. The van der Waals surface area contributed by atoms with Crippen molar-refractivity contribution in [2.75, 3.05) is 11.9 Å². The summed E-state index contributed by atoms with van der Waals surface area (Å²) < 4.78 is 0. The Bertz CT molecular complexity index is 516. The van der Waals surface area contributed by atoms with Gasteiger partial charge >= 0.3 is 0 Å². The molecular weight excluding hydrogens is 312 g/mol. The molecule has 2 nitrogen and oxygen atoms in total. The summed E-state index contributed by atoms with van der Waals surface area (Å²) in [5.41, 5.74) is 3.43. The number of rotatable bonds is 4. The predicted molar refractivity (Wildman–Crippen MR) is 80.4 cm³/mol. The summed E-state index contributed by atoms with van der Waals surface area (Å²) in [6, 6.07) is 9.98. The van der Waals surface area contributed by atoms with Crippen molar-refractivity contribution in [3.63, 3.8) is 0 Å². The van der Waals surface area contributed by atoms with Crippen molar-refractivity contribution in [3.05, 3.63) is 58.9 Å². The molecule has 1 heterocycles. The zero-order valence-corrected chi connectivity index (χ0v) is 12.4. The van der Waals surface area contributed by atoms with E-state index in [0.29, 0.717) is 0 Å². The van der Waals surface area contributed by atoms with Crippen LogP contribution in [-0.4, -0.2) is 12.0 Å². The zero-order chi connectivity index (χ0) is 13.0. The maximum Gasteiger partial charge on any atom is 0.0642 e. The van der Waals surface area contributed by atoms with Gasteiger partial charge in [-0.15, -0.1) is 0 Å². The maximum absolute atomic E-state index is 6.29. The summed E-state index contributed by atoms with van der Waals surface area (Å²) in [5.74, 6) is 0. The molecule has 0 spiro atoms. The molecule has 0 aliphatic carbocycles. The Morgan fingerprint density at radius 1 is 1.28 bits per heavy atom. The molecule has 0 amide bonds. The van der Waals surface area contributed by atoms with Crippen LogP contribution in [0, 0.1) is 0 Å². The second-order valence-corrected chi connectivity index (χ2v) is 5.07. The topological polar surface area (TPSA) is 16.1 Å². The van der Waals surface area contributed by atoms with Crippen molar-refractivity contribution < 1.29 is 0 Å². The summed E-state index contributed by atoms with van der Waals surface area (Å²) in [7, 11) is 2.04. The van der Waals surface area contributed by atoms with Gasteiger partial charge in [-0.3, -0.25) is 4.98 Å². The third kappa shape index (κ3) is 3.03. The van der Waals surface area contributed by atoms with Crippen LogP contribution in [0.5, 0.6) is 0 Å². The van der Waals surface area contributed by atoms with Gasteiger partial charge in [0, 0.05) is 31.3 Å². The van der Waals surface area contributed by atoms with E-state index in [-0.39, 0.29) is 0 Å². The Hall–Kier alpha value is -1.06. The van der Waals surface area contributed by atoms with Gasteiger partial charge in [-0.05, 0) is 23.3 Å². The van der Waals surface area contributed by atoms with Crippen molar-refractivity contribution in [1.29, 1.82) is 0 Å². The normalized spacial score (nSPS) is 10.4. The fourth-order valence-electron chi connectivity index (χ4n) is 1.94. The number of halogens is 2. The first-order chi connectivity index (χ1) is 8.72. The van der Waals surface area contributed by atoms with E-state index in [4.69, 9.17) is 11.6 Å². The van der Waals surface area contributed by atoms with Crippen molar-refractivity contribution in [2.24, 2.45) is 0 Å². The van der Waals surface area contributed by atoms with Gasteiger partial charge in [-0.1, -0.05) is 45.7 Å². The van der Waals surface area contributed by atoms with E-state index >= 15 is 0 Å². The van der Waals surface area contributed by atoms with Crippen LogP contribution in [0.1, 0.15) is 11.1 Å². The Morgan fingerprint density at radius 2 is 2.11 bits per heavy atom. The Balaban J connectivity index is 2.26. The first kappa shape index (κ1) is 13.4. The van der Waals surface area contributed by atoms with Crippen molar-refractivity contribution in [2.45, 2.75) is 11.9 Å². The van der Waals surface area contributed by atoms with Crippen LogP contribution >= 0.6 is 27.5 Å². The molecule has 4 heteroatoms. The van der Waals surface area contributed by atoms with Crippen LogP contribution in [0.3, 0.4) is 0 Å². The highest BCUT2D eigenvalue weighted by Crippen LogP contribution is 2.31. The molecule has 0 saturated carbocycles. The average Bonchev–Trinajstić information content (AvgIpc) is 2.39. The lowest BCUT2D eigenvalue weighted by atomic mass is 10.1. The molecule has 1 aromatic carbocycles. The molecule has 0 unspecified atom stereocenters. The van der Waals surface area contributed by atoms with Crippen molar-refractivity contribution >= 4 is 33.2 Å². The molecule has 0 saturated heterocycles. The Morgan fingerprint density at radius 3 is 2.78 bits per heavy atom. The molecule has 2 rings (SSSR count). The first-order valence-electron chi connectivity index (χ1n) is 5.65. The van der Waals surface area contributed by atoms with E-state index < -0.39 is 0 Å². The minimum Gasteiger partial charge on any atom is -0.369 e. The third-order valence-corrected chi connectivity index (χ3v) is 3.65. The fourth-order valence-corrected chi connectivity index (χ4v) is 2.73. The Labute approximate surface area is 121 Å². The van der Waals surface area contributed by atoms with Crippen LogP contribution in [-0.2, 0) is 11.9 Å². The van der Waals surface area contributed by atoms with Gasteiger partial charge in [-0.25, -0.2) is 0 Å². The van der Waals surface area contributed by atoms with Gasteiger partial charge < -0.3 is 4.90 Å². The van der Waals surface area contributed by atoms with Crippen LogP contribution in [0.2, 0.25) is 5.02 Å². The van der Waals surface area contributed by atoms with E-state index in [1.807, 2.05) is 31.4 Å². The maximum atomic E-state index is 6.29. The van der Waals surface area contributed by atoms with E-state index in [1.165, 1.54) is 11.1 Å². The molecule has 0 radical (unpaired) electrons. The summed E-state index contributed by atoms with van der Waals surface area (Å²) in [6.07, 6.45) is 3.66. The molecular formula is C14H14BrClN2. The molecule has 0 N–H and O–H groups in total. The lowest BCUT2D eigenvalue weighted by molar-refractivity contribution is 0.909. The number of para-hydroxylation sites is 1. The second-order valence-electron chi connectivity index (χ2n) is 4.10. The van der Waals surface area contributed by atoms with Crippen LogP contribution in [0.4, 0.5) is 5.69 Å². The number of benzene rings is 1. The first-order valence-corrected chi connectivity index (χ1v) is 7.15. The number of anilines is 1. The quantitative estimate of drug-likeness (QED) is 0.781. The number of hydrogen-bond acceptors (Lipinski definition) is 2. The van der Waals surface area contributed by atoms with E-state index in [0.717, 1.165) is 22.6 Å². The highest BCUT2D eigenvalue weighted by atomic mass is 79.9. The molecule has 2 aromatic rings.